The highest BCUT2D eigenvalue weighted by atomic mass is 19.2. The third-order valence-electron chi connectivity index (χ3n) is 3.63. The van der Waals surface area contributed by atoms with Gasteiger partial charge in [-0.05, 0) is 30.7 Å². The first-order valence-corrected chi connectivity index (χ1v) is 7.35. The monoisotopic (exact) mass is 331 g/mol. The van der Waals surface area contributed by atoms with E-state index in [2.05, 4.69) is 10.3 Å². The number of methoxy groups -OCH3 is 1. The summed E-state index contributed by atoms with van der Waals surface area (Å²) in [5.74, 6) is -1.91. The standard InChI is InChI=1S/C17H15F2N3O2/c1-3-13-15(22-8-4-5-14(24-2)16(22)21-13)17(23)20-10-6-7-11(18)12(19)9-10/h4-9H,3H2,1-2H3,(H,20,23). The number of nitrogens with zero attached hydrogens (tertiary/aromatic N) is 2. The normalized spacial score (nSPS) is 10.8. The van der Waals surface area contributed by atoms with Crippen molar-refractivity contribution in [2.45, 2.75) is 13.3 Å². The zero-order chi connectivity index (χ0) is 17.3. The molecule has 3 rings (SSSR count). The molecule has 24 heavy (non-hydrogen) atoms. The van der Waals surface area contributed by atoms with Crippen LogP contribution in [0.3, 0.4) is 0 Å². The van der Waals surface area contributed by atoms with E-state index < -0.39 is 17.5 Å². The van der Waals surface area contributed by atoms with Crippen LogP contribution in [-0.4, -0.2) is 22.4 Å². The number of benzene rings is 1. The Morgan fingerprint density at radius 1 is 1.29 bits per heavy atom. The number of fused-ring (bicyclic) bond motifs is 1. The number of carbonyl (C=O) groups is 1. The molecule has 2 aromatic heterocycles. The summed E-state index contributed by atoms with van der Waals surface area (Å²) in [4.78, 5) is 17.1. The minimum Gasteiger partial charge on any atom is -0.493 e. The number of rotatable bonds is 4. The summed E-state index contributed by atoms with van der Waals surface area (Å²) in [5, 5.41) is 2.57. The lowest BCUT2D eigenvalue weighted by atomic mass is 10.2. The maximum atomic E-state index is 13.3. The molecule has 124 valence electrons. The number of imidazole rings is 1. The van der Waals surface area contributed by atoms with Gasteiger partial charge in [0.15, 0.2) is 23.0 Å². The van der Waals surface area contributed by atoms with Crippen molar-refractivity contribution in [3.63, 3.8) is 0 Å². The number of anilines is 1. The molecule has 0 aliphatic carbocycles. The first kappa shape index (κ1) is 15.9. The number of carbonyl (C=O) groups excluding carboxylic acids is 1. The second kappa shape index (κ2) is 6.27. The van der Waals surface area contributed by atoms with Gasteiger partial charge in [-0.2, -0.15) is 0 Å². The van der Waals surface area contributed by atoms with E-state index in [1.807, 2.05) is 6.92 Å². The van der Waals surface area contributed by atoms with Crippen LogP contribution in [0.4, 0.5) is 14.5 Å². The third-order valence-corrected chi connectivity index (χ3v) is 3.63. The zero-order valence-electron chi connectivity index (χ0n) is 13.1. The van der Waals surface area contributed by atoms with Crippen molar-refractivity contribution in [2.24, 2.45) is 0 Å². The van der Waals surface area contributed by atoms with Crippen LogP contribution in [0, 0.1) is 11.6 Å². The molecule has 0 saturated carbocycles. The number of ether oxygens (including phenoxy) is 1. The SMILES string of the molecule is CCc1nc2c(OC)cccn2c1C(=O)Nc1ccc(F)c(F)c1. The summed E-state index contributed by atoms with van der Waals surface area (Å²) >= 11 is 0. The topological polar surface area (TPSA) is 55.6 Å². The van der Waals surface area contributed by atoms with E-state index >= 15 is 0 Å². The van der Waals surface area contributed by atoms with Crippen molar-refractivity contribution >= 4 is 17.2 Å². The first-order valence-electron chi connectivity index (χ1n) is 7.35. The van der Waals surface area contributed by atoms with Gasteiger partial charge in [0.2, 0.25) is 0 Å². The Hall–Kier alpha value is -2.96. The van der Waals surface area contributed by atoms with Gasteiger partial charge in [-0.1, -0.05) is 6.92 Å². The second-order valence-corrected chi connectivity index (χ2v) is 5.11. The van der Waals surface area contributed by atoms with Crippen LogP contribution >= 0.6 is 0 Å². The number of aryl methyl sites for hydroxylation is 1. The number of hydrogen-bond donors (Lipinski definition) is 1. The van der Waals surface area contributed by atoms with Crippen LogP contribution < -0.4 is 10.1 Å². The van der Waals surface area contributed by atoms with E-state index in [4.69, 9.17) is 4.74 Å². The van der Waals surface area contributed by atoms with Crippen LogP contribution in [0.1, 0.15) is 23.1 Å². The van der Waals surface area contributed by atoms with Crippen LogP contribution in [-0.2, 0) is 6.42 Å². The smallest absolute Gasteiger partial charge is 0.274 e. The second-order valence-electron chi connectivity index (χ2n) is 5.11. The maximum Gasteiger partial charge on any atom is 0.274 e. The van der Waals surface area contributed by atoms with Gasteiger partial charge in [0.25, 0.3) is 5.91 Å². The van der Waals surface area contributed by atoms with E-state index in [9.17, 15) is 13.6 Å². The maximum absolute atomic E-state index is 13.3. The summed E-state index contributed by atoms with van der Waals surface area (Å²) in [5.41, 5.74) is 1.60. The fourth-order valence-electron chi connectivity index (χ4n) is 2.50. The highest BCUT2D eigenvalue weighted by Gasteiger charge is 2.20. The van der Waals surface area contributed by atoms with E-state index in [1.54, 1.807) is 22.7 Å². The van der Waals surface area contributed by atoms with Gasteiger partial charge in [0.05, 0.1) is 12.8 Å². The molecule has 2 heterocycles. The fourth-order valence-corrected chi connectivity index (χ4v) is 2.50. The Kier molecular flexibility index (Phi) is 4.16. The molecule has 0 spiro atoms. The summed E-state index contributed by atoms with van der Waals surface area (Å²) in [7, 11) is 1.52. The Bertz CT molecular complexity index is 922. The van der Waals surface area contributed by atoms with Crippen LogP contribution in [0.15, 0.2) is 36.5 Å². The predicted molar refractivity (Wildman–Crippen MR) is 85.4 cm³/mol. The third kappa shape index (κ3) is 2.68. The minimum absolute atomic E-state index is 0.166. The molecule has 0 unspecified atom stereocenters. The van der Waals surface area contributed by atoms with Crippen molar-refractivity contribution in [3.05, 3.63) is 59.6 Å². The lowest BCUT2D eigenvalue weighted by Crippen LogP contribution is -2.16. The average Bonchev–Trinajstić information content (AvgIpc) is 2.96. The summed E-state index contributed by atoms with van der Waals surface area (Å²) in [6, 6.07) is 6.68. The highest BCUT2D eigenvalue weighted by Crippen LogP contribution is 2.23. The molecule has 0 aliphatic heterocycles. The van der Waals surface area contributed by atoms with Crippen molar-refractivity contribution in [3.8, 4) is 5.75 Å². The molecule has 1 amide bonds. The molecule has 1 aromatic carbocycles. The van der Waals surface area contributed by atoms with Crippen molar-refractivity contribution in [2.75, 3.05) is 12.4 Å². The molecule has 5 nitrogen and oxygen atoms in total. The van der Waals surface area contributed by atoms with E-state index in [1.165, 1.54) is 13.2 Å². The summed E-state index contributed by atoms with van der Waals surface area (Å²) in [6.07, 6.45) is 2.23. The number of halogens is 2. The van der Waals surface area contributed by atoms with E-state index in [-0.39, 0.29) is 5.69 Å². The fraction of sp³-hybridized carbons (Fsp3) is 0.176. The van der Waals surface area contributed by atoms with Gasteiger partial charge in [-0.25, -0.2) is 13.8 Å². The summed E-state index contributed by atoms with van der Waals surface area (Å²) in [6.45, 7) is 1.88. The molecular weight excluding hydrogens is 316 g/mol. The molecule has 1 N–H and O–H groups in total. The number of pyridine rings is 1. The number of amides is 1. The Labute approximate surface area is 136 Å². The predicted octanol–water partition coefficient (Wildman–Crippen LogP) is 3.44. The van der Waals surface area contributed by atoms with Gasteiger partial charge in [0, 0.05) is 18.0 Å². The zero-order valence-corrected chi connectivity index (χ0v) is 13.1. The Morgan fingerprint density at radius 2 is 2.08 bits per heavy atom. The van der Waals surface area contributed by atoms with Gasteiger partial charge < -0.3 is 10.1 Å². The van der Waals surface area contributed by atoms with E-state index in [0.29, 0.717) is 29.2 Å². The van der Waals surface area contributed by atoms with Gasteiger partial charge >= 0.3 is 0 Å². The van der Waals surface area contributed by atoms with Crippen molar-refractivity contribution in [1.29, 1.82) is 0 Å². The minimum atomic E-state index is -1.02. The molecule has 7 heteroatoms. The molecule has 3 aromatic rings. The van der Waals surface area contributed by atoms with E-state index in [0.717, 1.165) is 12.1 Å². The van der Waals surface area contributed by atoms with Gasteiger partial charge in [-0.15, -0.1) is 0 Å². The van der Waals surface area contributed by atoms with Crippen LogP contribution in [0.5, 0.6) is 5.75 Å². The molecule has 0 radical (unpaired) electrons. The molecular formula is C17H15F2N3O2. The largest absolute Gasteiger partial charge is 0.493 e. The Balaban J connectivity index is 2.04. The lowest BCUT2D eigenvalue weighted by molar-refractivity contribution is 0.102. The van der Waals surface area contributed by atoms with Crippen molar-refractivity contribution < 1.29 is 18.3 Å². The first-order chi connectivity index (χ1) is 11.5. The Morgan fingerprint density at radius 3 is 2.75 bits per heavy atom. The molecule has 0 fully saturated rings. The van der Waals surface area contributed by atoms with Gasteiger partial charge in [0.1, 0.15) is 5.69 Å². The highest BCUT2D eigenvalue weighted by molar-refractivity contribution is 6.04. The quantitative estimate of drug-likeness (QED) is 0.797. The molecule has 0 atom stereocenters. The number of hydrogen-bond acceptors (Lipinski definition) is 3. The van der Waals surface area contributed by atoms with Crippen LogP contribution in [0.2, 0.25) is 0 Å². The van der Waals surface area contributed by atoms with Crippen LogP contribution in [0.25, 0.3) is 5.65 Å². The average molecular weight is 331 g/mol. The molecule has 0 saturated heterocycles. The summed E-state index contributed by atoms with van der Waals surface area (Å²) < 4.78 is 33.2. The van der Waals surface area contributed by atoms with Crippen molar-refractivity contribution in [1.82, 2.24) is 9.38 Å². The molecule has 0 aliphatic rings. The lowest BCUT2D eigenvalue weighted by Gasteiger charge is -2.07. The molecule has 0 bridgehead atoms. The van der Waals surface area contributed by atoms with Gasteiger partial charge in [-0.3, -0.25) is 9.20 Å². The number of nitrogens with one attached hydrogen (secondary N) is 1. The number of aromatic nitrogens is 2.